The number of anilines is 2. The predicted octanol–water partition coefficient (Wildman–Crippen LogP) is 4.70. The van der Waals surface area contributed by atoms with Crippen molar-refractivity contribution in [3.63, 3.8) is 0 Å². The van der Waals surface area contributed by atoms with Gasteiger partial charge in [0.1, 0.15) is 10.6 Å². The summed E-state index contributed by atoms with van der Waals surface area (Å²) in [7, 11) is -3.76. The van der Waals surface area contributed by atoms with Crippen LogP contribution in [0, 0.1) is 11.8 Å². The standard InChI is InChI=1S/C25H31N3O4S/c1-17-7-11-27(12-8-17)21-16-23-19(25(29)26-20-5-3-4-6-22(20)32-23)15-24(21)33(30,31)28-13-9-18(2)10-14-28/h3-6,15-18H,7-14H2,1-2H3,(H,26,29). The number of sulfonamides is 1. The van der Waals surface area contributed by atoms with Gasteiger partial charge in [-0.05, 0) is 55.7 Å². The summed E-state index contributed by atoms with van der Waals surface area (Å²) in [5.41, 5.74) is 1.44. The first-order valence-electron chi connectivity index (χ1n) is 11.8. The third-order valence-corrected chi connectivity index (χ3v) is 9.07. The number of rotatable bonds is 3. The molecule has 0 spiro atoms. The number of nitrogens with one attached hydrogen (secondary N) is 1. The predicted molar refractivity (Wildman–Crippen MR) is 129 cm³/mol. The molecule has 0 radical (unpaired) electrons. The number of nitrogens with zero attached hydrogens (tertiary/aromatic N) is 2. The van der Waals surface area contributed by atoms with E-state index in [-0.39, 0.29) is 16.4 Å². The molecular formula is C25H31N3O4S. The zero-order valence-electron chi connectivity index (χ0n) is 19.2. The number of carbonyl (C=O) groups excluding carboxylic acids is 1. The number of para-hydroxylation sites is 2. The average molecular weight is 470 g/mol. The Labute approximate surface area is 195 Å². The molecule has 5 rings (SSSR count). The van der Waals surface area contributed by atoms with Crippen LogP contribution in [0.1, 0.15) is 49.9 Å². The highest BCUT2D eigenvalue weighted by Gasteiger charge is 2.35. The number of ether oxygens (including phenoxy) is 1. The van der Waals surface area contributed by atoms with E-state index >= 15 is 0 Å². The Hall–Kier alpha value is -2.58. The number of amides is 1. The maximum absolute atomic E-state index is 13.8. The van der Waals surface area contributed by atoms with Gasteiger partial charge in [0.25, 0.3) is 5.91 Å². The summed E-state index contributed by atoms with van der Waals surface area (Å²) in [6.45, 7) is 6.96. The maximum atomic E-state index is 13.8. The van der Waals surface area contributed by atoms with E-state index in [9.17, 15) is 13.2 Å². The highest BCUT2D eigenvalue weighted by atomic mass is 32.2. The van der Waals surface area contributed by atoms with Crippen molar-refractivity contribution in [2.45, 2.75) is 44.4 Å². The third kappa shape index (κ3) is 4.22. The summed E-state index contributed by atoms with van der Waals surface area (Å²) >= 11 is 0. The summed E-state index contributed by atoms with van der Waals surface area (Å²) in [6, 6.07) is 10.5. The summed E-state index contributed by atoms with van der Waals surface area (Å²) in [5, 5.41) is 2.86. The fourth-order valence-electron chi connectivity index (χ4n) is 4.85. The highest BCUT2D eigenvalue weighted by molar-refractivity contribution is 7.89. The van der Waals surface area contributed by atoms with E-state index in [2.05, 4.69) is 24.1 Å². The van der Waals surface area contributed by atoms with Gasteiger partial charge in [-0.2, -0.15) is 4.31 Å². The quantitative estimate of drug-likeness (QED) is 0.705. The highest BCUT2D eigenvalue weighted by Crippen LogP contribution is 2.42. The van der Waals surface area contributed by atoms with Crippen molar-refractivity contribution in [1.29, 1.82) is 0 Å². The maximum Gasteiger partial charge on any atom is 0.259 e. The number of piperidine rings is 2. The van der Waals surface area contributed by atoms with E-state index < -0.39 is 10.0 Å². The first-order valence-corrected chi connectivity index (χ1v) is 13.3. The second kappa shape index (κ2) is 8.65. The molecule has 1 amide bonds. The molecule has 1 N–H and O–H groups in total. The summed E-state index contributed by atoms with van der Waals surface area (Å²) < 4.78 is 35.4. The summed E-state index contributed by atoms with van der Waals surface area (Å²) in [5.74, 6) is 1.70. The van der Waals surface area contributed by atoms with Crippen molar-refractivity contribution in [2.75, 3.05) is 36.4 Å². The van der Waals surface area contributed by atoms with Gasteiger partial charge in [0.05, 0.1) is 16.9 Å². The molecule has 0 unspecified atom stereocenters. The molecule has 176 valence electrons. The fraction of sp³-hybridized carbons (Fsp3) is 0.480. The molecule has 0 atom stereocenters. The lowest BCUT2D eigenvalue weighted by Gasteiger charge is -2.35. The van der Waals surface area contributed by atoms with Crippen LogP contribution in [0.25, 0.3) is 0 Å². The molecule has 8 heteroatoms. The minimum atomic E-state index is -3.76. The van der Waals surface area contributed by atoms with Gasteiger partial charge >= 0.3 is 0 Å². The Morgan fingerprint density at radius 2 is 1.55 bits per heavy atom. The van der Waals surface area contributed by atoms with Gasteiger partial charge in [-0.1, -0.05) is 26.0 Å². The molecule has 33 heavy (non-hydrogen) atoms. The molecule has 0 bridgehead atoms. The molecule has 0 saturated carbocycles. The Bertz CT molecular complexity index is 1160. The van der Waals surface area contributed by atoms with Crippen LogP contribution >= 0.6 is 0 Å². The van der Waals surface area contributed by atoms with E-state index in [1.165, 1.54) is 6.07 Å². The Morgan fingerprint density at radius 1 is 0.909 bits per heavy atom. The van der Waals surface area contributed by atoms with Gasteiger partial charge in [-0.15, -0.1) is 0 Å². The molecule has 0 aliphatic carbocycles. The third-order valence-electron chi connectivity index (χ3n) is 7.15. The van der Waals surface area contributed by atoms with Gasteiger partial charge in [-0.25, -0.2) is 8.42 Å². The van der Waals surface area contributed by atoms with E-state index in [0.29, 0.717) is 47.8 Å². The van der Waals surface area contributed by atoms with Gasteiger partial charge in [0.15, 0.2) is 5.75 Å². The number of benzene rings is 2. The Balaban J connectivity index is 1.62. The van der Waals surface area contributed by atoms with Crippen LogP contribution in [-0.2, 0) is 10.0 Å². The van der Waals surface area contributed by atoms with Crippen molar-refractivity contribution >= 4 is 27.3 Å². The van der Waals surface area contributed by atoms with Crippen LogP contribution in [0.2, 0.25) is 0 Å². The molecule has 0 aromatic heterocycles. The smallest absolute Gasteiger partial charge is 0.259 e. The van der Waals surface area contributed by atoms with Crippen LogP contribution in [0.5, 0.6) is 11.5 Å². The lowest BCUT2D eigenvalue weighted by molar-refractivity contribution is 0.102. The molecule has 3 aliphatic heterocycles. The second-order valence-electron chi connectivity index (χ2n) is 9.62. The average Bonchev–Trinajstić information content (AvgIpc) is 2.94. The normalized spacial score (nSPS) is 20.4. The van der Waals surface area contributed by atoms with E-state index in [1.807, 2.05) is 12.1 Å². The SMILES string of the molecule is CC1CCN(c2cc3c(cc2S(=O)(=O)N2CCC(C)CC2)C(=O)Nc2ccccc2O3)CC1. The molecule has 3 aliphatic rings. The summed E-state index contributed by atoms with van der Waals surface area (Å²) in [4.78, 5) is 15.4. The summed E-state index contributed by atoms with van der Waals surface area (Å²) in [6.07, 6.45) is 3.70. The lowest BCUT2D eigenvalue weighted by Crippen LogP contribution is -2.40. The fourth-order valence-corrected chi connectivity index (χ4v) is 6.53. The van der Waals surface area contributed by atoms with E-state index in [0.717, 1.165) is 38.8 Å². The first-order chi connectivity index (χ1) is 15.8. The van der Waals surface area contributed by atoms with Crippen molar-refractivity contribution in [1.82, 2.24) is 4.31 Å². The largest absolute Gasteiger partial charge is 0.454 e. The van der Waals surface area contributed by atoms with Crippen molar-refractivity contribution in [3.05, 3.63) is 42.0 Å². The topological polar surface area (TPSA) is 79.0 Å². The Morgan fingerprint density at radius 3 is 2.24 bits per heavy atom. The minimum absolute atomic E-state index is 0.204. The van der Waals surface area contributed by atoms with Crippen LogP contribution in [0.4, 0.5) is 11.4 Å². The molecule has 2 aromatic carbocycles. The van der Waals surface area contributed by atoms with Crippen LogP contribution in [0.3, 0.4) is 0 Å². The van der Waals surface area contributed by atoms with Gasteiger partial charge in [-0.3, -0.25) is 4.79 Å². The number of carbonyl (C=O) groups is 1. The van der Waals surface area contributed by atoms with Crippen molar-refractivity contribution < 1.29 is 17.9 Å². The first kappa shape index (κ1) is 22.2. The lowest BCUT2D eigenvalue weighted by atomic mass is 9.98. The van der Waals surface area contributed by atoms with Gasteiger partial charge in [0, 0.05) is 32.2 Å². The van der Waals surface area contributed by atoms with E-state index in [4.69, 9.17) is 4.74 Å². The zero-order valence-corrected chi connectivity index (χ0v) is 20.0. The van der Waals surface area contributed by atoms with Crippen LogP contribution in [0.15, 0.2) is 41.3 Å². The van der Waals surface area contributed by atoms with Crippen LogP contribution in [-0.4, -0.2) is 44.8 Å². The minimum Gasteiger partial charge on any atom is -0.454 e. The number of hydrogen-bond donors (Lipinski definition) is 1. The van der Waals surface area contributed by atoms with E-state index in [1.54, 1.807) is 22.5 Å². The molecule has 7 nitrogen and oxygen atoms in total. The molecule has 3 heterocycles. The molecular weight excluding hydrogens is 438 g/mol. The van der Waals surface area contributed by atoms with Gasteiger partial charge in [0.2, 0.25) is 10.0 Å². The number of fused-ring (bicyclic) bond motifs is 2. The van der Waals surface area contributed by atoms with Crippen LogP contribution < -0.4 is 15.0 Å². The molecule has 2 aromatic rings. The second-order valence-corrected chi connectivity index (χ2v) is 11.5. The van der Waals surface area contributed by atoms with Crippen molar-refractivity contribution in [2.24, 2.45) is 11.8 Å². The molecule has 2 saturated heterocycles. The Kier molecular flexibility index (Phi) is 5.82. The monoisotopic (exact) mass is 469 g/mol. The van der Waals surface area contributed by atoms with Gasteiger partial charge < -0.3 is 15.0 Å². The van der Waals surface area contributed by atoms with Crippen molar-refractivity contribution in [3.8, 4) is 11.5 Å². The molecule has 2 fully saturated rings. The zero-order chi connectivity index (χ0) is 23.2. The number of hydrogen-bond acceptors (Lipinski definition) is 5.